The molecule has 0 amide bonds. The molecule has 0 unspecified atom stereocenters. The predicted octanol–water partition coefficient (Wildman–Crippen LogP) is 1.94. The van der Waals surface area contributed by atoms with Crippen LogP contribution in [0.1, 0.15) is 36.8 Å². The standard InChI is InChI=1S/C22H35N3O2/c26-22(18-24-8-2-1-3-9-24)7-10-25(19-22)17-21-6-4-5-20(15-21)16-23-11-13-27-14-12-23/h4-6,15,26H,1-3,7-14,16-19H2/t22-/m0/s1. The quantitative estimate of drug-likeness (QED) is 0.825. The summed E-state index contributed by atoms with van der Waals surface area (Å²) < 4.78 is 5.45. The van der Waals surface area contributed by atoms with Crippen LogP contribution in [0.2, 0.25) is 0 Å². The van der Waals surface area contributed by atoms with Gasteiger partial charge in [0.25, 0.3) is 0 Å². The molecule has 1 atom stereocenters. The summed E-state index contributed by atoms with van der Waals surface area (Å²) in [5.74, 6) is 0. The maximum absolute atomic E-state index is 11.1. The van der Waals surface area contributed by atoms with Crippen LogP contribution in [0.3, 0.4) is 0 Å². The zero-order chi connectivity index (χ0) is 18.5. The molecule has 27 heavy (non-hydrogen) atoms. The summed E-state index contributed by atoms with van der Waals surface area (Å²) in [6.07, 6.45) is 4.82. The third kappa shape index (κ3) is 5.52. The van der Waals surface area contributed by atoms with Gasteiger partial charge in [0.15, 0.2) is 0 Å². The highest BCUT2D eigenvalue weighted by Gasteiger charge is 2.37. The second kappa shape index (κ2) is 9.01. The Hall–Kier alpha value is -0.980. The van der Waals surface area contributed by atoms with Crippen molar-refractivity contribution in [2.24, 2.45) is 0 Å². The average Bonchev–Trinajstić information content (AvgIpc) is 3.04. The summed E-state index contributed by atoms with van der Waals surface area (Å²) in [6.45, 7) is 10.7. The summed E-state index contributed by atoms with van der Waals surface area (Å²) >= 11 is 0. The molecule has 0 saturated carbocycles. The topological polar surface area (TPSA) is 39.2 Å². The Bertz CT molecular complexity index is 599. The SMILES string of the molecule is O[C@]1(CN2CCCCC2)CCN(Cc2cccc(CN3CCOCC3)c2)C1. The molecule has 3 saturated heterocycles. The second-order valence-corrected chi connectivity index (χ2v) is 8.73. The first kappa shape index (κ1) is 19.3. The van der Waals surface area contributed by atoms with Crippen molar-refractivity contribution in [1.29, 1.82) is 0 Å². The van der Waals surface area contributed by atoms with Crippen molar-refractivity contribution in [3.8, 4) is 0 Å². The number of β-amino-alcohol motifs (C(OH)–C–C–N with tert-alkyl or cyclic N) is 1. The van der Waals surface area contributed by atoms with Gasteiger partial charge in [0.05, 0.1) is 18.8 Å². The van der Waals surface area contributed by atoms with E-state index in [1.165, 1.54) is 30.4 Å². The molecule has 150 valence electrons. The number of benzene rings is 1. The summed E-state index contributed by atoms with van der Waals surface area (Å²) in [7, 11) is 0. The van der Waals surface area contributed by atoms with Crippen molar-refractivity contribution in [1.82, 2.24) is 14.7 Å². The van der Waals surface area contributed by atoms with Gasteiger partial charge >= 0.3 is 0 Å². The van der Waals surface area contributed by atoms with Gasteiger partial charge in [0.2, 0.25) is 0 Å². The minimum absolute atomic E-state index is 0.525. The number of nitrogens with zero attached hydrogens (tertiary/aromatic N) is 3. The number of piperidine rings is 1. The summed E-state index contributed by atoms with van der Waals surface area (Å²) in [5.41, 5.74) is 2.23. The van der Waals surface area contributed by atoms with Gasteiger partial charge in [-0.2, -0.15) is 0 Å². The van der Waals surface area contributed by atoms with Crippen molar-refractivity contribution >= 4 is 0 Å². The van der Waals surface area contributed by atoms with Crippen molar-refractivity contribution in [2.45, 2.75) is 44.4 Å². The predicted molar refractivity (Wildman–Crippen MR) is 108 cm³/mol. The third-order valence-electron chi connectivity index (χ3n) is 6.29. The van der Waals surface area contributed by atoms with E-state index in [4.69, 9.17) is 4.74 Å². The minimum atomic E-state index is -0.525. The highest BCUT2D eigenvalue weighted by Crippen LogP contribution is 2.25. The Labute approximate surface area is 163 Å². The van der Waals surface area contributed by atoms with Crippen LogP contribution in [0.25, 0.3) is 0 Å². The van der Waals surface area contributed by atoms with Gasteiger partial charge in [-0.15, -0.1) is 0 Å². The second-order valence-electron chi connectivity index (χ2n) is 8.73. The van der Waals surface area contributed by atoms with Crippen molar-refractivity contribution in [2.75, 3.05) is 59.0 Å². The van der Waals surface area contributed by atoms with E-state index in [9.17, 15) is 5.11 Å². The van der Waals surface area contributed by atoms with Crippen molar-refractivity contribution in [3.05, 3.63) is 35.4 Å². The fourth-order valence-corrected chi connectivity index (χ4v) is 4.84. The lowest BCUT2D eigenvalue weighted by Crippen LogP contribution is -2.46. The highest BCUT2D eigenvalue weighted by atomic mass is 16.5. The van der Waals surface area contributed by atoms with E-state index < -0.39 is 5.60 Å². The lowest BCUT2D eigenvalue weighted by molar-refractivity contribution is 0.00635. The van der Waals surface area contributed by atoms with Crippen LogP contribution < -0.4 is 0 Å². The van der Waals surface area contributed by atoms with Gasteiger partial charge in [-0.05, 0) is 43.5 Å². The number of aliphatic hydroxyl groups is 1. The smallest absolute Gasteiger partial charge is 0.0912 e. The first-order chi connectivity index (χ1) is 13.2. The van der Waals surface area contributed by atoms with E-state index >= 15 is 0 Å². The van der Waals surface area contributed by atoms with Crippen LogP contribution >= 0.6 is 0 Å². The Morgan fingerprint density at radius 2 is 1.56 bits per heavy atom. The monoisotopic (exact) mass is 373 g/mol. The van der Waals surface area contributed by atoms with Crippen LogP contribution in [0.5, 0.6) is 0 Å². The molecule has 3 fully saturated rings. The van der Waals surface area contributed by atoms with E-state index in [0.717, 1.165) is 78.5 Å². The lowest BCUT2D eigenvalue weighted by atomic mass is 10.0. The van der Waals surface area contributed by atoms with Crippen molar-refractivity contribution < 1.29 is 9.84 Å². The van der Waals surface area contributed by atoms with Crippen LogP contribution in [0.4, 0.5) is 0 Å². The number of ether oxygens (including phenoxy) is 1. The molecule has 5 heteroatoms. The summed E-state index contributed by atoms with van der Waals surface area (Å²) in [4.78, 5) is 7.36. The molecule has 5 nitrogen and oxygen atoms in total. The van der Waals surface area contributed by atoms with Crippen LogP contribution in [0.15, 0.2) is 24.3 Å². The van der Waals surface area contributed by atoms with Crippen LogP contribution in [0, 0.1) is 0 Å². The number of morpholine rings is 1. The summed E-state index contributed by atoms with van der Waals surface area (Å²) in [6, 6.07) is 8.99. The van der Waals surface area contributed by atoms with Gasteiger partial charge in [0, 0.05) is 45.8 Å². The molecular formula is C22H35N3O2. The largest absolute Gasteiger partial charge is 0.387 e. The van der Waals surface area contributed by atoms with Gasteiger partial charge in [-0.25, -0.2) is 0 Å². The molecule has 4 rings (SSSR count). The molecule has 0 radical (unpaired) electrons. The molecule has 3 aliphatic rings. The minimum Gasteiger partial charge on any atom is -0.387 e. The van der Waals surface area contributed by atoms with E-state index in [1.54, 1.807) is 0 Å². The molecule has 0 aromatic heterocycles. The molecule has 3 aliphatic heterocycles. The first-order valence-electron chi connectivity index (χ1n) is 10.7. The van der Waals surface area contributed by atoms with Gasteiger partial charge in [0.1, 0.15) is 0 Å². The van der Waals surface area contributed by atoms with Gasteiger partial charge < -0.3 is 14.7 Å². The molecule has 1 aromatic carbocycles. The normalized spacial score (nSPS) is 28.6. The van der Waals surface area contributed by atoms with Crippen LogP contribution in [-0.2, 0) is 17.8 Å². The maximum Gasteiger partial charge on any atom is 0.0912 e. The first-order valence-corrected chi connectivity index (χ1v) is 10.7. The number of hydrogen-bond donors (Lipinski definition) is 1. The Morgan fingerprint density at radius 1 is 0.852 bits per heavy atom. The molecule has 1 aromatic rings. The molecular weight excluding hydrogens is 338 g/mol. The zero-order valence-corrected chi connectivity index (χ0v) is 16.6. The Balaban J connectivity index is 1.29. The van der Waals surface area contributed by atoms with Gasteiger partial charge in [-0.3, -0.25) is 9.80 Å². The number of rotatable bonds is 6. The highest BCUT2D eigenvalue weighted by molar-refractivity contribution is 5.23. The van der Waals surface area contributed by atoms with E-state index in [0.29, 0.717) is 0 Å². The fraction of sp³-hybridized carbons (Fsp3) is 0.727. The van der Waals surface area contributed by atoms with E-state index in [1.807, 2.05) is 0 Å². The average molecular weight is 374 g/mol. The zero-order valence-electron chi connectivity index (χ0n) is 16.6. The Morgan fingerprint density at radius 3 is 2.30 bits per heavy atom. The molecule has 3 heterocycles. The lowest BCUT2D eigenvalue weighted by Gasteiger charge is -2.33. The molecule has 0 spiro atoms. The molecule has 0 aliphatic carbocycles. The van der Waals surface area contributed by atoms with Crippen molar-refractivity contribution in [3.63, 3.8) is 0 Å². The molecule has 1 N–H and O–H groups in total. The summed E-state index contributed by atoms with van der Waals surface area (Å²) in [5, 5.41) is 11.1. The van der Waals surface area contributed by atoms with E-state index in [2.05, 4.69) is 39.0 Å². The fourth-order valence-electron chi connectivity index (χ4n) is 4.84. The van der Waals surface area contributed by atoms with Crippen LogP contribution in [-0.4, -0.2) is 84.4 Å². The number of hydrogen-bond acceptors (Lipinski definition) is 5. The van der Waals surface area contributed by atoms with Gasteiger partial charge in [-0.1, -0.05) is 30.7 Å². The molecule has 0 bridgehead atoms. The third-order valence-corrected chi connectivity index (χ3v) is 6.29. The Kier molecular flexibility index (Phi) is 6.46. The maximum atomic E-state index is 11.1. The number of likely N-dealkylation sites (tertiary alicyclic amines) is 2. The van der Waals surface area contributed by atoms with E-state index in [-0.39, 0.29) is 0 Å².